The van der Waals surface area contributed by atoms with Crippen LogP contribution >= 0.6 is 0 Å². The summed E-state index contributed by atoms with van der Waals surface area (Å²) in [5, 5.41) is 58.7. The number of epoxide rings is 1. The van der Waals surface area contributed by atoms with Crippen LogP contribution in [0.1, 0.15) is 69.9 Å². The lowest BCUT2D eigenvalue weighted by atomic mass is 9.88. The number of hydrogen-bond donors (Lipinski definition) is 7. The first kappa shape index (κ1) is 56.6. The highest BCUT2D eigenvalue weighted by Gasteiger charge is 2.25. The molecule has 1 saturated heterocycles. The molecule has 4 aromatic rings. The predicted molar refractivity (Wildman–Crippen MR) is 236 cm³/mol. The summed E-state index contributed by atoms with van der Waals surface area (Å²) < 4.78 is 14.6. The molecule has 0 spiro atoms. The third-order valence-electron chi connectivity index (χ3n) is 8.41. The molecule has 1 atom stereocenters. The molecule has 0 aromatic heterocycles. The first-order valence-corrected chi connectivity index (χ1v) is 20.3. The molecule has 0 saturated carbocycles. The Morgan fingerprint density at radius 1 is 0.597 bits per heavy atom. The van der Waals surface area contributed by atoms with Gasteiger partial charge in [0.2, 0.25) is 12.2 Å². The molecule has 0 aliphatic carbocycles. The van der Waals surface area contributed by atoms with Gasteiger partial charge in [0.25, 0.3) is 0 Å². The summed E-state index contributed by atoms with van der Waals surface area (Å²) in [6.45, 7) is 5.35. The zero-order chi connectivity index (χ0) is 46.1. The van der Waals surface area contributed by atoms with Crippen molar-refractivity contribution in [2.45, 2.75) is 71.3 Å². The van der Waals surface area contributed by atoms with Crippen molar-refractivity contribution in [1.82, 2.24) is 0 Å². The first-order valence-electron chi connectivity index (χ1n) is 20.3. The average Bonchev–Trinajstić information content (AvgIpc) is 4.10. The van der Waals surface area contributed by atoms with Gasteiger partial charge in [-0.15, -0.1) is 0 Å². The molecule has 5 rings (SSSR count). The van der Waals surface area contributed by atoms with Crippen molar-refractivity contribution >= 4 is 29.7 Å². The lowest BCUT2D eigenvalue weighted by Crippen LogP contribution is -2.32. The molecule has 1 unspecified atom stereocenters. The van der Waals surface area contributed by atoms with Crippen molar-refractivity contribution in [2.75, 3.05) is 52.9 Å². The van der Waals surface area contributed by atoms with Gasteiger partial charge >= 0.3 is 6.16 Å². The van der Waals surface area contributed by atoms with Gasteiger partial charge in [-0.1, -0.05) is 80.4 Å². The second-order valence-electron chi connectivity index (χ2n) is 13.5. The van der Waals surface area contributed by atoms with E-state index in [9.17, 15) is 14.4 Å². The summed E-state index contributed by atoms with van der Waals surface area (Å²) >= 11 is 0. The highest BCUT2D eigenvalue weighted by molar-refractivity contribution is 5.66. The van der Waals surface area contributed by atoms with E-state index in [0.717, 1.165) is 62.7 Å². The van der Waals surface area contributed by atoms with Crippen molar-refractivity contribution in [3.05, 3.63) is 120 Å². The van der Waals surface area contributed by atoms with Crippen molar-refractivity contribution in [3.63, 3.8) is 0 Å². The molecular weight excluding hydrogens is 801 g/mol. The van der Waals surface area contributed by atoms with E-state index < -0.39 is 11.6 Å². The van der Waals surface area contributed by atoms with Crippen molar-refractivity contribution in [2.24, 2.45) is 15.4 Å². The van der Waals surface area contributed by atoms with Crippen LogP contribution < -0.4 is 9.47 Å². The van der Waals surface area contributed by atoms with Gasteiger partial charge in [0.1, 0.15) is 11.5 Å². The number of unbranched alkanes of at least 4 members (excludes halogenated alkanes) is 4. The number of benzene rings is 4. The van der Waals surface area contributed by atoms with Gasteiger partial charge in [-0.25, -0.2) is 14.4 Å². The Bertz CT molecular complexity index is 1610. The molecule has 0 bridgehead atoms. The third kappa shape index (κ3) is 30.6. The summed E-state index contributed by atoms with van der Waals surface area (Å²) in [5.74, 6) is 0.923. The van der Waals surface area contributed by atoms with Crippen LogP contribution in [0.5, 0.6) is 11.5 Å². The predicted octanol–water partition coefficient (Wildman–Crippen LogP) is 6.52. The number of carbonyl (C=O) groups is 1. The lowest BCUT2D eigenvalue weighted by Gasteiger charge is -2.24. The molecule has 0 amide bonds. The van der Waals surface area contributed by atoms with Crippen LogP contribution in [0.3, 0.4) is 0 Å². The number of rotatable bonds is 18. The van der Waals surface area contributed by atoms with Crippen LogP contribution in [0.15, 0.2) is 119 Å². The zero-order valence-corrected chi connectivity index (χ0v) is 35.8. The van der Waals surface area contributed by atoms with Gasteiger partial charge in [-0.05, 0) is 105 Å². The lowest BCUT2D eigenvalue weighted by molar-refractivity contribution is 0.00304. The van der Waals surface area contributed by atoms with Crippen molar-refractivity contribution < 1.29 is 64.3 Å². The molecular formula is C47H64N2O13. The molecule has 7 N–H and O–H groups in total. The first-order chi connectivity index (χ1) is 30.1. The molecule has 0 radical (unpaired) electrons. The SMILES string of the molecule is CC1CO1.CCC(CO)(CO)CO.O=C(Oc1ccccc1)Oc1ccccc1.O=C=Nc1ccc(Cc2ccc(N=C=O)cc2)cc1.OCCCCCCO.OCCCCO. The van der Waals surface area contributed by atoms with Crippen LogP contribution in [0.2, 0.25) is 0 Å². The standard InChI is InChI=1S/C15H10N2O2.C13H10O3.C6H14O3.C6H14O2.C4H10O2.C3H6O/c18-10-16-14-5-1-12(2-6-14)9-13-3-7-15(8-4-13)17-11-19;14-13(15-11-7-3-1-4-8-11)16-12-9-5-2-6-10-12;1-2-6(3-7,4-8)5-9;7-5-3-1-2-4-6-8;5-3-1-2-4-6;1-3-2-4-3/h1-8H,9H2;1-10H;7-9H,2-5H2,1H3;7-8H,1-6H2;5-6H,1-4H2;3H,2H2,1H3. The van der Waals surface area contributed by atoms with Gasteiger partial charge in [-0.3, -0.25) is 0 Å². The van der Waals surface area contributed by atoms with Crippen molar-refractivity contribution in [1.29, 1.82) is 0 Å². The largest absolute Gasteiger partial charge is 0.519 e. The van der Waals surface area contributed by atoms with Gasteiger partial charge < -0.3 is 50.0 Å². The number of carbonyl (C=O) groups excluding carboxylic acids is 3. The Morgan fingerprint density at radius 3 is 1.16 bits per heavy atom. The maximum absolute atomic E-state index is 11.3. The summed E-state index contributed by atoms with van der Waals surface area (Å²) in [4.78, 5) is 38.6. The summed E-state index contributed by atoms with van der Waals surface area (Å²) in [7, 11) is 0. The third-order valence-corrected chi connectivity index (χ3v) is 8.41. The molecule has 340 valence electrons. The molecule has 62 heavy (non-hydrogen) atoms. The van der Waals surface area contributed by atoms with E-state index in [4.69, 9.17) is 50.0 Å². The maximum atomic E-state index is 11.3. The quantitative estimate of drug-likeness (QED) is 0.0141. The Kier molecular flexibility index (Phi) is 35.1. The molecule has 1 heterocycles. The van der Waals surface area contributed by atoms with Crippen LogP contribution in [0, 0.1) is 5.41 Å². The minimum Gasteiger partial charge on any atom is -0.396 e. The number of aliphatic hydroxyl groups excluding tert-OH is 7. The van der Waals surface area contributed by atoms with E-state index in [1.54, 1.807) is 72.8 Å². The minimum atomic E-state index is -0.739. The number of hydrogen-bond acceptors (Lipinski definition) is 15. The molecule has 4 aromatic carbocycles. The fraction of sp³-hybridized carbons (Fsp3) is 0.426. The highest BCUT2D eigenvalue weighted by Crippen LogP contribution is 2.19. The molecule has 1 fully saturated rings. The number of ether oxygens (including phenoxy) is 3. The Morgan fingerprint density at radius 2 is 0.919 bits per heavy atom. The summed E-state index contributed by atoms with van der Waals surface area (Å²) in [6.07, 6.45) is 9.47. The highest BCUT2D eigenvalue weighted by atomic mass is 16.7. The number of aliphatic imine (C=N–C) groups is 2. The normalized spacial score (nSPS) is 11.7. The molecule has 1 aliphatic rings. The van der Waals surface area contributed by atoms with Gasteiger partial charge in [0, 0.05) is 31.8 Å². The number of isocyanates is 2. The zero-order valence-electron chi connectivity index (χ0n) is 35.8. The van der Waals surface area contributed by atoms with Crippen LogP contribution in [-0.4, -0.2) is 113 Å². The number of aliphatic hydroxyl groups is 7. The Hall–Kier alpha value is -5.41. The van der Waals surface area contributed by atoms with Gasteiger partial charge in [0.05, 0.1) is 43.9 Å². The van der Waals surface area contributed by atoms with E-state index in [0.29, 0.717) is 35.4 Å². The Labute approximate surface area is 364 Å². The fourth-order valence-corrected chi connectivity index (χ4v) is 4.29. The fourth-order valence-electron chi connectivity index (χ4n) is 4.29. The van der Waals surface area contributed by atoms with Crippen LogP contribution in [0.4, 0.5) is 16.2 Å². The van der Waals surface area contributed by atoms with E-state index >= 15 is 0 Å². The summed E-state index contributed by atoms with van der Waals surface area (Å²) in [5.41, 5.74) is 2.73. The van der Waals surface area contributed by atoms with Crippen LogP contribution in [-0.2, 0) is 20.7 Å². The summed E-state index contributed by atoms with van der Waals surface area (Å²) in [6, 6.07) is 32.3. The maximum Gasteiger partial charge on any atom is 0.519 e. The van der Waals surface area contributed by atoms with E-state index in [-0.39, 0.29) is 46.2 Å². The Balaban J connectivity index is 0.000000777. The van der Waals surface area contributed by atoms with Crippen LogP contribution in [0.25, 0.3) is 0 Å². The van der Waals surface area contributed by atoms with Gasteiger partial charge in [0.15, 0.2) is 0 Å². The topological polar surface area (TPSA) is 249 Å². The van der Waals surface area contributed by atoms with E-state index in [2.05, 4.69) is 16.9 Å². The number of nitrogens with zero attached hydrogens (tertiary/aromatic N) is 2. The monoisotopic (exact) mass is 864 g/mol. The average molecular weight is 865 g/mol. The molecule has 15 heteroatoms. The molecule has 15 nitrogen and oxygen atoms in total. The van der Waals surface area contributed by atoms with Gasteiger partial charge in [-0.2, -0.15) is 9.98 Å². The number of para-hydroxylation sites is 2. The second-order valence-corrected chi connectivity index (χ2v) is 13.5. The smallest absolute Gasteiger partial charge is 0.396 e. The minimum absolute atomic E-state index is 0.156. The molecule has 1 aliphatic heterocycles. The van der Waals surface area contributed by atoms with E-state index in [1.165, 1.54) is 12.2 Å². The second kappa shape index (κ2) is 38.5. The van der Waals surface area contributed by atoms with E-state index in [1.807, 2.05) is 43.3 Å². The van der Waals surface area contributed by atoms with Crippen molar-refractivity contribution in [3.8, 4) is 11.5 Å².